The Bertz CT molecular complexity index is 421. The maximum atomic E-state index is 11.9. The maximum Gasteiger partial charge on any atom is 0.220 e. The average Bonchev–Trinajstić information content (AvgIpc) is 2.44. The number of likely N-dealkylation sites (N-methyl/N-ethyl adjacent to an activating group) is 1. The van der Waals surface area contributed by atoms with Crippen LogP contribution in [0.25, 0.3) is 0 Å². The molecule has 0 radical (unpaired) electrons. The molecule has 0 aliphatic rings. The van der Waals surface area contributed by atoms with Gasteiger partial charge in [0.1, 0.15) is 0 Å². The van der Waals surface area contributed by atoms with Gasteiger partial charge in [-0.2, -0.15) is 0 Å². The Morgan fingerprint density at radius 1 is 1.14 bits per heavy atom. The first kappa shape index (κ1) is 17.7. The summed E-state index contributed by atoms with van der Waals surface area (Å²) >= 11 is 0. The SMILES string of the molecule is CCN(CC)C(CNC(=O)CC(C)C)c1ccc(C)cc1. The molecule has 0 spiro atoms. The van der Waals surface area contributed by atoms with Crippen LogP contribution in [0.5, 0.6) is 0 Å². The zero-order valence-corrected chi connectivity index (χ0v) is 14.1. The molecule has 0 heterocycles. The summed E-state index contributed by atoms with van der Waals surface area (Å²) in [6, 6.07) is 8.88. The van der Waals surface area contributed by atoms with Crippen molar-refractivity contribution >= 4 is 5.91 Å². The molecule has 1 amide bonds. The van der Waals surface area contributed by atoms with E-state index >= 15 is 0 Å². The van der Waals surface area contributed by atoms with E-state index in [1.165, 1.54) is 11.1 Å². The van der Waals surface area contributed by atoms with Gasteiger partial charge < -0.3 is 5.32 Å². The second kappa shape index (κ2) is 8.83. The molecule has 0 bridgehead atoms. The van der Waals surface area contributed by atoms with Crippen molar-refractivity contribution in [3.63, 3.8) is 0 Å². The van der Waals surface area contributed by atoms with Gasteiger partial charge in [-0.3, -0.25) is 9.69 Å². The summed E-state index contributed by atoms with van der Waals surface area (Å²) in [5, 5.41) is 3.10. The van der Waals surface area contributed by atoms with Crippen molar-refractivity contribution in [2.75, 3.05) is 19.6 Å². The fraction of sp³-hybridized carbons (Fsp3) is 0.611. The van der Waals surface area contributed by atoms with Crippen molar-refractivity contribution < 1.29 is 4.79 Å². The second-order valence-corrected chi connectivity index (χ2v) is 6.05. The maximum absolute atomic E-state index is 11.9. The largest absolute Gasteiger partial charge is 0.354 e. The van der Waals surface area contributed by atoms with E-state index < -0.39 is 0 Å². The summed E-state index contributed by atoms with van der Waals surface area (Å²) in [4.78, 5) is 14.3. The molecule has 0 aliphatic heterocycles. The summed E-state index contributed by atoms with van der Waals surface area (Å²) in [6.07, 6.45) is 0.596. The molecule has 1 atom stereocenters. The number of nitrogens with one attached hydrogen (secondary N) is 1. The third-order valence-electron chi connectivity index (χ3n) is 3.80. The number of carbonyl (C=O) groups excluding carboxylic acids is 1. The molecule has 0 saturated heterocycles. The third kappa shape index (κ3) is 5.88. The van der Waals surface area contributed by atoms with Crippen molar-refractivity contribution in [1.29, 1.82) is 0 Å². The minimum Gasteiger partial charge on any atom is -0.354 e. The van der Waals surface area contributed by atoms with Crippen molar-refractivity contribution in [3.05, 3.63) is 35.4 Å². The van der Waals surface area contributed by atoms with Crippen LogP contribution in [-0.4, -0.2) is 30.4 Å². The first-order chi connectivity index (χ1) is 9.97. The zero-order chi connectivity index (χ0) is 15.8. The minimum atomic E-state index is 0.147. The molecule has 1 aromatic rings. The Balaban J connectivity index is 2.78. The summed E-state index contributed by atoms with van der Waals surface area (Å²) < 4.78 is 0. The minimum absolute atomic E-state index is 0.147. The van der Waals surface area contributed by atoms with Gasteiger partial charge in [0.15, 0.2) is 0 Å². The Kier molecular flexibility index (Phi) is 7.44. The number of benzene rings is 1. The zero-order valence-electron chi connectivity index (χ0n) is 14.1. The first-order valence-electron chi connectivity index (χ1n) is 8.05. The van der Waals surface area contributed by atoms with Gasteiger partial charge in [0, 0.05) is 13.0 Å². The van der Waals surface area contributed by atoms with Crippen LogP contribution >= 0.6 is 0 Å². The molecule has 0 aliphatic carbocycles. The van der Waals surface area contributed by atoms with Gasteiger partial charge in [-0.25, -0.2) is 0 Å². The van der Waals surface area contributed by atoms with E-state index in [2.05, 4.69) is 69.1 Å². The number of amides is 1. The summed E-state index contributed by atoms with van der Waals surface area (Å²) in [5.74, 6) is 0.547. The lowest BCUT2D eigenvalue weighted by Gasteiger charge is -2.30. The van der Waals surface area contributed by atoms with E-state index in [-0.39, 0.29) is 11.9 Å². The molecular weight excluding hydrogens is 260 g/mol. The van der Waals surface area contributed by atoms with E-state index in [0.717, 1.165) is 13.1 Å². The van der Waals surface area contributed by atoms with Crippen LogP contribution in [-0.2, 0) is 4.79 Å². The lowest BCUT2D eigenvalue weighted by molar-refractivity contribution is -0.122. The molecule has 0 fully saturated rings. The van der Waals surface area contributed by atoms with Crippen LogP contribution < -0.4 is 5.32 Å². The summed E-state index contributed by atoms with van der Waals surface area (Å²) in [6.45, 7) is 13.2. The van der Waals surface area contributed by atoms with Crippen molar-refractivity contribution in [3.8, 4) is 0 Å². The lowest BCUT2D eigenvalue weighted by Crippen LogP contribution is -2.38. The Labute approximate surface area is 129 Å². The quantitative estimate of drug-likeness (QED) is 0.794. The van der Waals surface area contributed by atoms with E-state index in [1.807, 2.05) is 0 Å². The van der Waals surface area contributed by atoms with Crippen molar-refractivity contribution in [2.45, 2.75) is 47.1 Å². The average molecular weight is 290 g/mol. The number of carbonyl (C=O) groups is 1. The van der Waals surface area contributed by atoms with Gasteiger partial charge in [-0.05, 0) is 31.5 Å². The Morgan fingerprint density at radius 3 is 2.19 bits per heavy atom. The summed E-state index contributed by atoms with van der Waals surface area (Å²) in [5.41, 5.74) is 2.54. The third-order valence-corrected chi connectivity index (χ3v) is 3.80. The summed E-state index contributed by atoms with van der Waals surface area (Å²) in [7, 11) is 0. The smallest absolute Gasteiger partial charge is 0.220 e. The Hall–Kier alpha value is -1.35. The second-order valence-electron chi connectivity index (χ2n) is 6.05. The number of hydrogen-bond acceptors (Lipinski definition) is 2. The number of rotatable bonds is 8. The van der Waals surface area contributed by atoms with Crippen molar-refractivity contribution in [2.24, 2.45) is 5.92 Å². The molecule has 21 heavy (non-hydrogen) atoms. The molecule has 1 N–H and O–H groups in total. The standard InChI is InChI=1S/C18H30N2O/c1-6-20(7-2)17(13-19-18(21)12-14(3)4)16-10-8-15(5)9-11-16/h8-11,14,17H,6-7,12-13H2,1-5H3,(H,19,21). The highest BCUT2D eigenvalue weighted by Crippen LogP contribution is 2.20. The van der Waals surface area contributed by atoms with Gasteiger partial charge in [0.25, 0.3) is 0 Å². The van der Waals surface area contributed by atoms with Crippen LogP contribution in [0.3, 0.4) is 0 Å². The van der Waals surface area contributed by atoms with Gasteiger partial charge >= 0.3 is 0 Å². The van der Waals surface area contributed by atoms with Gasteiger partial charge in [-0.1, -0.05) is 57.5 Å². The topological polar surface area (TPSA) is 32.3 Å². The molecule has 1 rings (SSSR count). The highest BCUT2D eigenvalue weighted by atomic mass is 16.1. The molecule has 1 unspecified atom stereocenters. The highest BCUT2D eigenvalue weighted by molar-refractivity contribution is 5.76. The molecular formula is C18H30N2O. The molecule has 3 nitrogen and oxygen atoms in total. The van der Waals surface area contributed by atoms with E-state index in [9.17, 15) is 4.79 Å². The number of nitrogens with zero attached hydrogens (tertiary/aromatic N) is 1. The monoisotopic (exact) mass is 290 g/mol. The fourth-order valence-electron chi connectivity index (χ4n) is 2.56. The van der Waals surface area contributed by atoms with Crippen molar-refractivity contribution in [1.82, 2.24) is 10.2 Å². The fourth-order valence-corrected chi connectivity index (χ4v) is 2.56. The van der Waals surface area contributed by atoms with Gasteiger partial charge in [0.05, 0.1) is 6.04 Å². The molecule has 118 valence electrons. The predicted octanol–water partition coefficient (Wildman–Crippen LogP) is 3.54. The molecule has 0 aromatic heterocycles. The Morgan fingerprint density at radius 2 is 1.71 bits per heavy atom. The van der Waals surface area contributed by atoms with Crippen LogP contribution in [0.2, 0.25) is 0 Å². The van der Waals surface area contributed by atoms with Gasteiger partial charge in [0.2, 0.25) is 5.91 Å². The normalized spacial score (nSPS) is 12.7. The molecule has 0 saturated carbocycles. The van der Waals surface area contributed by atoms with E-state index in [1.54, 1.807) is 0 Å². The lowest BCUT2D eigenvalue weighted by atomic mass is 10.0. The number of aryl methyl sites for hydroxylation is 1. The molecule has 3 heteroatoms. The predicted molar refractivity (Wildman–Crippen MR) is 89.3 cm³/mol. The highest BCUT2D eigenvalue weighted by Gasteiger charge is 2.18. The van der Waals surface area contributed by atoms with Gasteiger partial charge in [-0.15, -0.1) is 0 Å². The van der Waals surface area contributed by atoms with Crippen LogP contribution in [0.1, 0.15) is 51.3 Å². The van der Waals surface area contributed by atoms with Crippen LogP contribution in [0.15, 0.2) is 24.3 Å². The van der Waals surface area contributed by atoms with Crippen LogP contribution in [0.4, 0.5) is 0 Å². The van der Waals surface area contributed by atoms with E-state index in [0.29, 0.717) is 18.9 Å². The first-order valence-corrected chi connectivity index (χ1v) is 8.05. The molecule has 1 aromatic carbocycles. The van der Waals surface area contributed by atoms with Crippen LogP contribution in [0, 0.1) is 12.8 Å². The number of hydrogen-bond donors (Lipinski definition) is 1. The van der Waals surface area contributed by atoms with E-state index in [4.69, 9.17) is 0 Å².